The molecular formula is C29H27F3N2. The molecule has 0 unspecified atom stereocenters. The van der Waals surface area contributed by atoms with Crippen LogP contribution in [0.2, 0.25) is 0 Å². The molecule has 1 aromatic heterocycles. The summed E-state index contributed by atoms with van der Waals surface area (Å²) in [6.07, 6.45) is -2.73. The standard InChI is InChI=1S/C29H27F3N2/c1-16-7-17(2)10-22(9-16)27-28(23-11-18(3)8-19(4)12-23)34-26(15-33-27)24-13-21(6)25(14-20(24)5)29(30,31)32/h7-15H,1-6H3. The molecule has 0 saturated carbocycles. The van der Waals surface area contributed by atoms with Crippen LogP contribution in [0.5, 0.6) is 0 Å². The zero-order chi connectivity index (χ0) is 24.8. The van der Waals surface area contributed by atoms with Crippen LogP contribution >= 0.6 is 0 Å². The molecule has 0 amide bonds. The van der Waals surface area contributed by atoms with E-state index >= 15 is 0 Å². The number of rotatable bonds is 3. The molecule has 0 aliphatic rings. The van der Waals surface area contributed by atoms with Crippen LogP contribution in [0.3, 0.4) is 0 Å². The molecule has 4 rings (SSSR count). The van der Waals surface area contributed by atoms with E-state index in [2.05, 4.69) is 36.4 Å². The molecule has 174 valence electrons. The molecule has 0 atom stereocenters. The molecule has 3 aromatic carbocycles. The monoisotopic (exact) mass is 460 g/mol. The Morgan fingerprint density at radius 2 is 1.09 bits per heavy atom. The molecule has 4 aromatic rings. The number of benzene rings is 3. The van der Waals surface area contributed by atoms with Gasteiger partial charge in [0.15, 0.2) is 0 Å². The van der Waals surface area contributed by atoms with Gasteiger partial charge in [-0.3, -0.25) is 4.98 Å². The van der Waals surface area contributed by atoms with E-state index in [1.165, 1.54) is 13.0 Å². The van der Waals surface area contributed by atoms with Crippen molar-refractivity contribution in [1.29, 1.82) is 0 Å². The van der Waals surface area contributed by atoms with Gasteiger partial charge < -0.3 is 0 Å². The first-order valence-electron chi connectivity index (χ1n) is 11.2. The molecule has 5 heteroatoms. The number of hydrogen-bond acceptors (Lipinski definition) is 2. The van der Waals surface area contributed by atoms with Crippen molar-refractivity contribution in [3.8, 4) is 33.8 Å². The lowest BCUT2D eigenvalue weighted by Crippen LogP contribution is -2.08. The summed E-state index contributed by atoms with van der Waals surface area (Å²) < 4.78 is 40.2. The molecule has 0 N–H and O–H groups in total. The van der Waals surface area contributed by atoms with Crippen LogP contribution < -0.4 is 0 Å². The molecule has 0 radical (unpaired) electrons. The Bertz CT molecular complexity index is 1360. The second kappa shape index (κ2) is 8.71. The Hall–Kier alpha value is -3.47. The van der Waals surface area contributed by atoms with Crippen molar-refractivity contribution in [1.82, 2.24) is 9.97 Å². The van der Waals surface area contributed by atoms with Crippen LogP contribution in [-0.2, 0) is 6.18 Å². The second-order valence-electron chi connectivity index (χ2n) is 9.19. The molecule has 0 spiro atoms. The van der Waals surface area contributed by atoms with Gasteiger partial charge in [0.2, 0.25) is 0 Å². The number of aryl methyl sites for hydroxylation is 6. The fourth-order valence-electron chi connectivity index (χ4n) is 4.55. The average molecular weight is 461 g/mol. The minimum atomic E-state index is -4.39. The van der Waals surface area contributed by atoms with E-state index in [4.69, 9.17) is 9.97 Å². The van der Waals surface area contributed by atoms with Crippen molar-refractivity contribution in [3.05, 3.63) is 93.7 Å². The highest BCUT2D eigenvalue weighted by atomic mass is 19.4. The fourth-order valence-corrected chi connectivity index (χ4v) is 4.55. The lowest BCUT2D eigenvalue weighted by Gasteiger charge is -2.16. The summed E-state index contributed by atoms with van der Waals surface area (Å²) >= 11 is 0. The Labute approximate surface area is 198 Å². The Morgan fingerprint density at radius 3 is 1.59 bits per heavy atom. The van der Waals surface area contributed by atoms with Gasteiger partial charge in [-0.25, -0.2) is 4.98 Å². The zero-order valence-corrected chi connectivity index (χ0v) is 20.2. The highest BCUT2D eigenvalue weighted by Gasteiger charge is 2.33. The summed E-state index contributed by atoms with van der Waals surface area (Å²) in [6.45, 7) is 11.3. The topological polar surface area (TPSA) is 25.8 Å². The van der Waals surface area contributed by atoms with E-state index in [1.807, 2.05) is 27.7 Å². The van der Waals surface area contributed by atoms with Crippen molar-refractivity contribution < 1.29 is 13.2 Å². The molecule has 1 heterocycles. The predicted molar refractivity (Wildman–Crippen MR) is 132 cm³/mol. The smallest absolute Gasteiger partial charge is 0.252 e. The third-order valence-corrected chi connectivity index (χ3v) is 5.92. The first kappa shape index (κ1) is 23.7. The molecule has 0 aliphatic heterocycles. The van der Waals surface area contributed by atoms with Crippen LogP contribution in [0.1, 0.15) is 38.9 Å². The number of hydrogen-bond donors (Lipinski definition) is 0. The number of alkyl halides is 3. The zero-order valence-electron chi connectivity index (χ0n) is 20.2. The van der Waals surface area contributed by atoms with Gasteiger partial charge in [0.05, 0.1) is 28.8 Å². The van der Waals surface area contributed by atoms with Gasteiger partial charge in [-0.05, 0) is 89.1 Å². The van der Waals surface area contributed by atoms with E-state index in [9.17, 15) is 13.2 Å². The summed E-state index contributed by atoms with van der Waals surface area (Å²) in [7, 11) is 0. The number of nitrogens with zero attached hydrogens (tertiary/aromatic N) is 2. The molecule has 2 nitrogen and oxygen atoms in total. The minimum absolute atomic E-state index is 0.168. The SMILES string of the molecule is Cc1cc(C)cc(-c2ncc(-c3cc(C)c(C(F)(F)F)cc3C)nc2-c2cc(C)cc(C)c2)c1. The van der Waals surface area contributed by atoms with Gasteiger partial charge in [-0.2, -0.15) is 13.2 Å². The Balaban J connectivity index is 1.97. The van der Waals surface area contributed by atoms with Gasteiger partial charge in [-0.1, -0.05) is 34.4 Å². The molecule has 0 bridgehead atoms. The summed E-state index contributed by atoms with van der Waals surface area (Å²) in [5.41, 5.74) is 9.09. The van der Waals surface area contributed by atoms with E-state index in [1.54, 1.807) is 19.2 Å². The second-order valence-corrected chi connectivity index (χ2v) is 9.19. The van der Waals surface area contributed by atoms with Crippen LogP contribution in [0, 0.1) is 41.5 Å². The highest BCUT2D eigenvalue weighted by Crippen LogP contribution is 2.37. The van der Waals surface area contributed by atoms with Crippen molar-refractivity contribution in [2.75, 3.05) is 0 Å². The van der Waals surface area contributed by atoms with Gasteiger partial charge in [0.1, 0.15) is 0 Å². The lowest BCUT2D eigenvalue weighted by atomic mass is 9.96. The van der Waals surface area contributed by atoms with Crippen molar-refractivity contribution in [2.45, 2.75) is 47.7 Å². The van der Waals surface area contributed by atoms with Crippen molar-refractivity contribution in [3.63, 3.8) is 0 Å². The molecule has 34 heavy (non-hydrogen) atoms. The molecular weight excluding hydrogens is 433 g/mol. The van der Waals surface area contributed by atoms with Gasteiger partial charge in [-0.15, -0.1) is 0 Å². The maximum atomic E-state index is 13.4. The van der Waals surface area contributed by atoms with Crippen LogP contribution in [0.25, 0.3) is 33.8 Å². The first-order valence-corrected chi connectivity index (χ1v) is 11.2. The summed E-state index contributed by atoms with van der Waals surface area (Å²) in [5.74, 6) is 0. The van der Waals surface area contributed by atoms with Crippen molar-refractivity contribution in [2.24, 2.45) is 0 Å². The van der Waals surface area contributed by atoms with Crippen LogP contribution in [0.4, 0.5) is 13.2 Å². The number of halogens is 3. The predicted octanol–water partition coefficient (Wildman–Crippen LogP) is 8.35. The van der Waals surface area contributed by atoms with E-state index in [-0.39, 0.29) is 5.56 Å². The lowest BCUT2D eigenvalue weighted by molar-refractivity contribution is -0.138. The Morgan fingerprint density at radius 1 is 0.588 bits per heavy atom. The first-order chi connectivity index (χ1) is 15.9. The summed E-state index contributed by atoms with van der Waals surface area (Å²) in [6, 6.07) is 15.3. The largest absolute Gasteiger partial charge is 0.416 e. The summed E-state index contributed by atoms with van der Waals surface area (Å²) in [5, 5.41) is 0. The van der Waals surface area contributed by atoms with Crippen molar-refractivity contribution >= 4 is 0 Å². The number of aromatic nitrogens is 2. The third kappa shape index (κ3) is 4.74. The van der Waals surface area contributed by atoms with Gasteiger partial charge >= 0.3 is 6.18 Å². The highest BCUT2D eigenvalue weighted by molar-refractivity contribution is 5.81. The van der Waals surface area contributed by atoms with Crippen LogP contribution in [-0.4, -0.2) is 9.97 Å². The quantitative estimate of drug-likeness (QED) is 0.307. The maximum Gasteiger partial charge on any atom is 0.416 e. The van der Waals surface area contributed by atoms with E-state index in [0.717, 1.165) is 39.1 Å². The minimum Gasteiger partial charge on any atom is -0.252 e. The van der Waals surface area contributed by atoms with E-state index < -0.39 is 11.7 Å². The Kier molecular flexibility index (Phi) is 6.07. The maximum absolute atomic E-state index is 13.4. The summed E-state index contributed by atoms with van der Waals surface area (Å²) in [4.78, 5) is 9.78. The molecule has 0 fully saturated rings. The average Bonchev–Trinajstić information content (AvgIpc) is 2.72. The molecule has 0 aliphatic carbocycles. The van der Waals surface area contributed by atoms with E-state index in [0.29, 0.717) is 22.5 Å². The fraction of sp³-hybridized carbons (Fsp3) is 0.241. The normalized spacial score (nSPS) is 11.7. The van der Waals surface area contributed by atoms with Crippen LogP contribution in [0.15, 0.2) is 54.7 Å². The van der Waals surface area contributed by atoms with Gasteiger partial charge in [0, 0.05) is 16.7 Å². The molecule has 0 saturated heterocycles. The van der Waals surface area contributed by atoms with Gasteiger partial charge in [0.25, 0.3) is 0 Å². The third-order valence-electron chi connectivity index (χ3n) is 5.92.